The zero-order chi connectivity index (χ0) is 9.97. The SMILES string of the molecule is COc1ccc2c(c1)C(Cl)CCCC2. The fraction of sp³-hybridized carbons (Fsp3) is 0.500. The topological polar surface area (TPSA) is 9.23 Å². The van der Waals surface area contributed by atoms with Crippen LogP contribution < -0.4 is 4.74 Å². The Bertz CT molecular complexity index is 322. The number of halogens is 1. The summed E-state index contributed by atoms with van der Waals surface area (Å²) in [4.78, 5) is 0. The third-order valence-corrected chi connectivity index (χ3v) is 3.30. The van der Waals surface area contributed by atoms with Crippen LogP contribution in [0.4, 0.5) is 0 Å². The predicted molar refractivity (Wildman–Crippen MR) is 59.1 cm³/mol. The van der Waals surface area contributed by atoms with Gasteiger partial charge in [0.2, 0.25) is 0 Å². The zero-order valence-corrected chi connectivity index (χ0v) is 9.18. The summed E-state index contributed by atoms with van der Waals surface area (Å²) in [6.45, 7) is 0. The lowest BCUT2D eigenvalue weighted by Gasteiger charge is -2.11. The fourth-order valence-corrected chi connectivity index (χ4v) is 2.37. The minimum Gasteiger partial charge on any atom is -0.497 e. The van der Waals surface area contributed by atoms with Crippen LogP contribution in [-0.2, 0) is 6.42 Å². The molecule has 0 fully saturated rings. The van der Waals surface area contributed by atoms with Crippen molar-refractivity contribution in [3.05, 3.63) is 29.3 Å². The van der Waals surface area contributed by atoms with Crippen molar-refractivity contribution in [3.8, 4) is 5.75 Å². The Morgan fingerprint density at radius 3 is 3.00 bits per heavy atom. The number of fused-ring (bicyclic) bond motifs is 1. The molecule has 0 bridgehead atoms. The molecule has 2 heteroatoms. The lowest BCUT2D eigenvalue weighted by Crippen LogP contribution is -1.94. The highest BCUT2D eigenvalue weighted by Crippen LogP contribution is 2.35. The Morgan fingerprint density at radius 2 is 2.21 bits per heavy atom. The van der Waals surface area contributed by atoms with Crippen LogP contribution >= 0.6 is 11.6 Å². The number of aryl methyl sites for hydroxylation is 1. The van der Waals surface area contributed by atoms with Crippen molar-refractivity contribution in [1.29, 1.82) is 0 Å². The minimum atomic E-state index is 0.169. The second kappa shape index (κ2) is 4.22. The van der Waals surface area contributed by atoms with Crippen molar-refractivity contribution in [3.63, 3.8) is 0 Å². The first-order valence-corrected chi connectivity index (χ1v) is 5.56. The Kier molecular flexibility index (Phi) is 2.97. The summed E-state index contributed by atoms with van der Waals surface area (Å²) in [5, 5.41) is 0.169. The van der Waals surface area contributed by atoms with Gasteiger partial charge < -0.3 is 4.74 Å². The quantitative estimate of drug-likeness (QED) is 0.507. The summed E-state index contributed by atoms with van der Waals surface area (Å²) in [7, 11) is 1.70. The van der Waals surface area contributed by atoms with E-state index < -0.39 is 0 Å². The summed E-state index contributed by atoms with van der Waals surface area (Å²) in [6, 6.07) is 6.25. The van der Waals surface area contributed by atoms with Crippen molar-refractivity contribution < 1.29 is 4.74 Å². The van der Waals surface area contributed by atoms with Gasteiger partial charge in [0.25, 0.3) is 0 Å². The molecule has 1 aliphatic rings. The van der Waals surface area contributed by atoms with E-state index in [4.69, 9.17) is 16.3 Å². The van der Waals surface area contributed by atoms with E-state index in [9.17, 15) is 0 Å². The molecule has 1 atom stereocenters. The molecule has 0 amide bonds. The number of rotatable bonds is 1. The summed E-state index contributed by atoms with van der Waals surface area (Å²) in [6.07, 6.45) is 4.72. The van der Waals surface area contributed by atoms with Crippen molar-refractivity contribution in [2.75, 3.05) is 7.11 Å². The molecule has 0 heterocycles. The van der Waals surface area contributed by atoms with E-state index >= 15 is 0 Å². The Morgan fingerprint density at radius 1 is 1.36 bits per heavy atom. The molecular formula is C12H15ClO. The van der Waals surface area contributed by atoms with Gasteiger partial charge in [-0.3, -0.25) is 0 Å². The Balaban J connectivity index is 2.39. The van der Waals surface area contributed by atoms with Crippen LogP contribution in [0.25, 0.3) is 0 Å². The molecule has 2 rings (SSSR count). The number of methoxy groups -OCH3 is 1. The summed E-state index contributed by atoms with van der Waals surface area (Å²) in [5.74, 6) is 0.913. The summed E-state index contributed by atoms with van der Waals surface area (Å²) in [5.41, 5.74) is 2.66. The molecule has 0 radical (unpaired) electrons. The minimum absolute atomic E-state index is 0.169. The highest BCUT2D eigenvalue weighted by Gasteiger charge is 2.16. The van der Waals surface area contributed by atoms with Gasteiger partial charge in [-0.1, -0.05) is 12.5 Å². The molecule has 0 saturated heterocycles. The average molecular weight is 211 g/mol. The molecule has 1 unspecified atom stereocenters. The van der Waals surface area contributed by atoms with Crippen LogP contribution in [0.15, 0.2) is 18.2 Å². The van der Waals surface area contributed by atoms with Crippen LogP contribution in [0.5, 0.6) is 5.75 Å². The van der Waals surface area contributed by atoms with Gasteiger partial charge in [0.05, 0.1) is 12.5 Å². The van der Waals surface area contributed by atoms with Crippen molar-refractivity contribution in [1.82, 2.24) is 0 Å². The van der Waals surface area contributed by atoms with Gasteiger partial charge in [-0.05, 0) is 42.5 Å². The van der Waals surface area contributed by atoms with E-state index in [0.717, 1.165) is 18.6 Å². The summed E-state index contributed by atoms with van der Waals surface area (Å²) < 4.78 is 5.21. The molecule has 1 aromatic carbocycles. The number of benzene rings is 1. The van der Waals surface area contributed by atoms with Crippen LogP contribution in [0.3, 0.4) is 0 Å². The highest BCUT2D eigenvalue weighted by atomic mass is 35.5. The highest BCUT2D eigenvalue weighted by molar-refractivity contribution is 6.20. The zero-order valence-electron chi connectivity index (χ0n) is 8.42. The third kappa shape index (κ3) is 1.88. The first kappa shape index (κ1) is 9.85. The Hall–Kier alpha value is -0.690. The van der Waals surface area contributed by atoms with Gasteiger partial charge in [-0.2, -0.15) is 0 Å². The Labute approximate surface area is 90.0 Å². The van der Waals surface area contributed by atoms with Crippen LogP contribution in [0, 0.1) is 0 Å². The number of ether oxygens (including phenoxy) is 1. The first-order valence-electron chi connectivity index (χ1n) is 5.12. The molecule has 1 aliphatic carbocycles. The van der Waals surface area contributed by atoms with Gasteiger partial charge in [0, 0.05) is 0 Å². The molecule has 0 saturated carbocycles. The van der Waals surface area contributed by atoms with Crippen molar-refractivity contribution in [2.24, 2.45) is 0 Å². The van der Waals surface area contributed by atoms with E-state index in [0.29, 0.717) is 0 Å². The molecule has 0 aliphatic heterocycles. The number of hydrogen-bond donors (Lipinski definition) is 0. The van der Waals surface area contributed by atoms with E-state index in [1.54, 1.807) is 7.11 Å². The maximum absolute atomic E-state index is 6.33. The maximum Gasteiger partial charge on any atom is 0.119 e. The standard InChI is InChI=1S/C12H15ClO/c1-14-10-7-6-9-4-2-3-5-12(13)11(9)8-10/h6-8,12H,2-5H2,1H3. The van der Waals surface area contributed by atoms with Gasteiger partial charge in [-0.25, -0.2) is 0 Å². The first-order chi connectivity index (χ1) is 6.81. The number of alkyl halides is 1. The van der Waals surface area contributed by atoms with E-state index in [1.807, 2.05) is 6.07 Å². The predicted octanol–water partition coefficient (Wildman–Crippen LogP) is 3.70. The second-order valence-corrected chi connectivity index (χ2v) is 4.30. The third-order valence-electron chi connectivity index (χ3n) is 2.84. The average Bonchev–Trinajstić information content (AvgIpc) is 2.40. The molecule has 0 aromatic heterocycles. The normalized spacial score (nSPS) is 21.1. The van der Waals surface area contributed by atoms with Crippen LogP contribution in [-0.4, -0.2) is 7.11 Å². The maximum atomic E-state index is 6.33. The lowest BCUT2D eigenvalue weighted by molar-refractivity contribution is 0.414. The van der Waals surface area contributed by atoms with Crippen LogP contribution in [0.2, 0.25) is 0 Å². The van der Waals surface area contributed by atoms with Gasteiger partial charge in [-0.15, -0.1) is 11.6 Å². The monoisotopic (exact) mass is 210 g/mol. The molecule has 0 spiro atoms. The lowest BCUT2D eigenvalue weighted by atomic mass is 10.0. The van der Waals surface area contributed by atoms with E-state index in [1.165, 1.54) is 24.0 Å². The second-order valence-electron chi connectivity index (χ2n) is 3.78. The molecule has 14 heavy (non-hydrogen) atoms. The smallest absolute Gasteiger partial charge is 0.119 e. The molecule has 1 aromatic rings. The molecule has 1 nitrogen and oxygen atoms in total. The van der Waals surface area contributed by atoms with Gasteiger partial charge in [0.1, 0.15) is 5.75 Å². The van der Waals surface area contributed by atoms with Crippen molar-refractivity contribution in [2.45, 2.75) is 31.1 Å². The van der Waals surface area contributed by atoms with E-state index in [-0.39, 0.29) is 5.38 Å². The number of hydrogen-bond acceptors (Lipinski definition) is 1. The van der Waals surface area contributed by atoms with Gasteiger partial charge in [0.15, 0.2) is 0 Å². The van der Waals surface area contributed by atoms with Crippen LogP contribution in [0.1, 0.15) is 35.8 Å². The van der Waals surface area contributed by atoms with Gasteiger partial charge >= 0.3 is 0 Å². The molecule has 76 valence electrons. The fourth-order valence-electron chi connectivity index (χ4n) is 2.01. The summed E-state index contributed by atoms with van der Waals surface area (Å²) >= 11 is 6.33. The van der Waals surface area contributed by atoms with Crippen molar-refractivity contribution >= 4 is 11.6 Å². The molecular weight excluding hydrogens is 196 g/mol. The van der Waals surface area contributed by atoms with E-state index in [2.05, 4.69) is 12.1 Å². The largest absolute Gasteiger partial charge is 0.497 e. The molecule has 0 N–H and O–H groups in total.